The zero-order valence-electron chi connectivity index (χ0n) is 15.7. The van der Waals surface area contributed by atoms with Gasteiger partial charge in [-0.3, -0.25) is 4.90 Å². The van der Waals surface area contributed by atoms with Crippen LogP contribution in [-0.2, 0) is 6.54 Å². The Morgan fingerprint density at radius 1 is 1.04 bits per heavy atom. The predicted molar refractivity (Wildman–Crippen MR) is 105 cm³/mol. The van der Waals surface area contributed by atoms with Crippen molar-refractivity contribution >= 4 is 16.6 Å². The first-order valence-corrected chi connectivity index (χ1v) is 9.33. The van der Waals surface area contributed by atoms with Crippen molar-refractivity contribution < 1.29 is 4.74 Å². The molecule has 3 aromatic rings. The molecule has 0 N–H and O–H groups in total. The molecule has 3 heterocycles. The minimum Gasteiger partial charge on any atom is -0.474 e. The third kappa shape index (κ3) is 4.14. The normalized spacial score (nSPS) is 15.4. The number of hydrogen-bond donors (Lipinski definition) is 0. The van der Waals surface area contributed by atoms with Gasteiger partial charge in [0.25, 0.3) is 0 Å². The SMILES string of the molecule is CC(C)Oc1ncnc2ccc(N3CCN(Cc4ccnnc4)CC3)cc12. The fourth-order valence-corrected chi connectivity index (χ4v) is 3.37. The molecule has 27 heavy (non-hydrogen) atoms. The van der Waals surface area contributed by atoms with Gasteiger partial charge >= 0.3 is 0 Å². The van der Waals surface area contributed by atoms with Crippen molar-refractivity contribution in [1.82, 2.24) is 25.1 Å². The van der Waals surface area contributed by atoms with Crippen LogP contribution in [0.3, 0.4) is 0 Å². The summed E-state index contributed by atoms with van der Waals surface area (Å²) in [7, 11) is 0. The van der Waals surface area contributed by atoms with Crippen molar-refractivity contribution in [3.63, 3.8) is 0 Å². The number of rotatable bonds is 5. The number of fused-ring (bicyclic) bond motifs is 1. The molecule has 0 amide bonds. The molecule has 0 bridgehead atoms. The van der Waals surface area contributed by atoms with E-state index >= 15 is 0 Å². The van der Waals surface area contributed by atoms with E-state index in [9.17, 15) is 0 Å². The molecule has 1 fully saturated rings. The van der Waals surface area contributed by atoms with Crippen molar-refractivity contribution in [3.05, 3.63) is 48.5 Å². The molecule has 1 aromatic carbocycles. The summed E-state index contributed by atoms with van der Waals surface area (Å²) in [6.07, 6.45) is 5.23. The molecule has 2 aromatic heterocycles. The molecule has 1 saturated heterocycles. The van der Waals surface area contributed by atoms with E-state index in [0.717, 1.165) is 43.6 Å². The zero-order chi connectivity index (χ0) is 18.6. The van der Waals surface area contributed by atoms with Crippen LogP contribution >= 0.6 is 0 Å². The summed E-state index contributed by atoms with van der Waals surface area (Å²) in [4.78, 5) is 13.5. The van der Waals surface area contributed by atoms with Crippen LogP contribution in [0.4, 0.5) is 5.69 Å². The van der Waals surface area contributed by atoms with E-state index in [0.29, 0.717) is 5.88 Å². The molecule has 7 nitrogen and oxygen atoms in total. The lowest BCUT2D eigenvalue weighted by Gasteiger charge is -2.36. The molecule has 0 atom stereocenters. The van der Waals surface area contributed by atoms with Crippen molar-refractivity contribution in [2.75, 3.05) is 31.1 Å². The summed E-state index contributed by atoms with van der Waals surface area (Å²) in [6.45, 7) is 8.93. The van der Waals surface area contributed by atoms with Crippen LogP contribution in [0.5, 0.6) is 5.88 Å². The van der Waals surface area contributed by atoms with Crippen LogP contribution in [0.1, 0.15) is 19.4 Å². The van der Waals surface area contributed by atoms with Gasteiger partial charge < -0.3 is 9.64 Å². The highest BCUT2D eigenvalue weighted by Crippen LogP contribution is 2.28. The maximum atomic E-state index is 5.86. The van der Waals surface area contributed by atoms with Crippen LogP contribution in [0, 0.1) is 0 Å². The Labute approximate surface area is 159 Å². The Morgan fingerprint density at radius 2 is 1.89 bits per heavy atom. The standard InChI is InChI=1S/C20H24N6O/c1-15(2)27-20-18-11-17(3-4-19(18)21-14-22-20)26-9-7-25(8-10-26)13-16-5-6-23-24-12-16/h3-6,11-12,14-15H,7-10,13H2,1-2H3. The lowest BCUT2D eigenvalue weighted by Crippen LogP contribution is -2.46. The Hall–Kier alpha value is -2.80. The number of anilines is 1. The van der Waals surface area contributed by atoms with Gasteiger partial charge in [0.1, 0.15) is 6.33 Å². The average molecular weight is 364 g/mol. The highest BCUT2D eigenvalue weighted by Gasteiger charge is 2.18. The van der Waals surface area contributed by atoms with Crippen LogP contribution in [-0.4, -0.2) is 57.3 Å². The van der Waals surface area contributed by atoms with Crippen LogP contribution in [0.15, 0.2) is 43.0 Å². The minimum absolute atomic E-state index is 0.0815. The maximum absolute atomic E-state index is 5.86. The van der Waals surface area contributed by atoms with Crippen molar-refractivity contribution in [2.45, 2.75) is 26.5 Å². The molecule has 0 radical (unpaired) electrons. The van der Waals surface area contributed by atoms with Gasteiger partial charge in [-0.05, 0) is 43.7 Å². The van der Waals surface area contributed by atoms with Gasteiger partial charge in [0.15, 0.2) is 0 Å². The average Bonchev–Trinajstić information content (AvgIpc) is 2.69. The lowest BCUT2D eigenvalue weighted by molar-refractivity contribution is 0.235. The van der Waals surface area contributed by atoms with Gasteiger partial charge in [-0.15, -0.1) is 0 Å². The van der Waals surface area contributed by atoms with Crippen molar-refractivity contribution in [1.29, 1.82) is 0 Å². The van der Waals surface area contributed by atoms with Gasteiger partial charge in [0, 0.05) is 44.6 Å². The van der Waals surface area contributed by atoms with Crippen LogP contribution in [0.2, 0.25) is 0 Å². The number of ether oxygens (including phenoxy) is 1. The molecule has 0 aliphatic carbocycles. The molecule has 0 saturated carbocycles. The van der Waals surface area contributed by atoms with Crippen LogP contribution in [0.25, 0.3) is 10.9 Å². The van der Waals surface area contributed by atoms with Gasteiger partial charge in [-0.1, -0.05) is 0 Å². The molecule has 0 spiro atoms. The third-order valence-corrected chi connectivity index (χ3v) is 4.72. The molecule has 4 rings (SSSR count). The van der Waals surface area contributed by atoms with Crippen molar-refractivity contribution in [2.24, 2.45) is 0 Å². The second-order valence-electron chi connectivity index (χ2n) is 7.06. The third-order valence-electron chi connectivity index (χ3n) is 4.72. The maximum Gasteiger partial charge on any atom is 0.224 e. The number of piperazine rings is 1. The van der Waals surface area contributed by atoms with Crippen molar-refractivity contribution in [3.8, 4) is 5.88 Å². The number of hydrogen-bond acceptors (Lipinski definition) is 7. The molecule has 7 heteroatoms. The minimum atomic E-state index is 0.0815. The molecule has 0 unspecified atom stereocenters. The van der Waals surface area contributed by atoms with E-state index in [2.05, 4.69) is 48.2 Å². The van der Waals surface area contributed by atoms with E-state index in [4.69, 9.17) is 4.74 Å². The highest BCUT2D eigenvalue weighted by atomic mass is 16.5. The number of benzene rings is 1. The summed E-state index contributed by atoms with van der Waals surface area (Å²) in [6, 6.07) is 8.36. The van der Waals surface area contributed by atoms with E-state index < -0.39 is 0 Å². The Kier molecular flexibility index (Phi) is 5.11. The zero-order valence-corrected chi connectivity index (χ0v) is 15.7. The molecule has 140 valence electrons. The first-order valence-electron chi connectivity index (χ1n) is 9.33. The van der Waals surface area contributed by atoms with Crippen LogP contribution < -0.4 is 9.64 Å². The monoisotopic (exact) mass is 364 g/mol. The smallest absolute Gasteiger partial charge is 0.224 e. The molecule has 1 aliphatic heterocycles. The van der Waals surface area contributed by atoms with Gasteiger partial charge in [-0.2, -0.15) is 10.2 Å². The van der Waals surface area contributed by atoms with E-state index in [1.807, 2.05) is 26.1 Å². The Balaban J connectivity index is 1.47. The first kappa shape index (κ1) is 17.6. The second-order valence-corrected chi connectivity index (χ2v) is 7.06. The predicted octanol–water partition coefficient (Wildman–Crippen LogP) is 2.53. The molecular formula is C20H24N6O. The summed E-state index contributed by atoms with van der Waals surface area (Å²) < 4.78 is 5.86. The van der Waals surface area contributed by atoms with E-state index in [1.165, 1.54) is 11.3 Å². The molecular weight excluding hydrogens is 340 g/mol. The number of aromatic nitrogens is 4. The van der Waals surface area contributed by atoms with Gasteiger partial charge in [0.05, 0.1) is 23.2 Å². The largest absolute Gasteiger partial charge is 0.474 e. The van der Waals surface area contributed by atoms with E-state index in [1.54, 1.807) is 12.5 Å². The second kappa shape index (κ2) is 7.84. The summed E-state index contributed by atoms with van der Waals surface area (Å²) in [5, 5.41) is 8.77. The van der Waals surface area contributed by atoms with E-state index in [-0.39, 0.29) is 6.10 Å². The topological polar surface area (TPSA) is 67.3 Å². The Morgan fingerprint density at radius 3 is 2.63 bits per heavy atom. The first-order chi connectivity index (χ1) is 13.2. The van der Waals surface area contributed by atoms with Gasteiger partial charge in [-0.25, -0.2) is 9.97 Å². The summed E-state index contributed by atoms with van der Waals surface area (Å²) in [5.41, 5.74) is 3.31. The number of nitrogens with zero attached hydrogens (tertiary/aromatic N) is 6. The highest BCUT2D eigenvalue weighted by molar-refractivity contribution is 5.86. The lowest BCUT2D eigenvalue weighted by atomic mass is 10.1. The summed E-state index contributed by atoms with van der Waals surface area (Å²) in [5.74, 6) is 0.653. The molecule has 1 aliphatic rings. The van der Waals surface area contributed by atoms with Gasteiger partial charge in [0.2, 0.25) is 5.88 Å². The fraction of sp³-hybridized carbons (Fsp3) is 0.400. The fourth-order valence-electron chi connectivity index (χ4n) is 3.37. The quantitative estimate of drug-likeness (QED) is 0.689. The Bertz CT molecular complexity index is 893. The summed E-state index contributed by atoms with van der Waals surface area (Å²) >= 11 is 0.